The number of aromatic nitrogens is 2. The van der Waals surface area contributed by atoms with Crippen molar-refractivity contribution in [3.8, 4) is 0 Å². The van der Waals surface area contributed by atoms with E-state index < -0.39 is 0 Å². The molecule has 0 saturated carbocycles. The molecule has 94 valence electrons. The number of ether oxygens (including phenoxy) is 1. The van der Waals surface area contributed by atoms with Crippen LogP contribution in [0.2, 0.25) is 0 Å². The zero-order valence-electron chi connectivity index (χ0n) is 10.1. The lowest BCUT2D eigenvalue weighted by molar-refractivity contribution is -0.0357. The number of nitrogens with zero attached hydrogens (tertiary/aromatic N) is 2. The molecule has 2 rings (SSSR count). The second kappa shape index (κ2) is 5.31. The smallest absolute Gasteiger partial charge is 0.333 e. The Morgan fingerprint density at radius 1 is 1.41 bits per heavy atom. The summed E-state index contributed by atoms with van der Waals surface area (Å²) < 4.78 is 8.38. The van der Waals surface area contributed by atoms with Gasteiger partial charge in [0.1, 0.15) is 6.23 Å². The summed E-state index contributed by atoms with van der Waals surface area (Å²) in [7, 11) is 0. The van der Waals surface area contributed by atoms with Gasteiger partial charge in [-0.15, -0.1) is 0 Å². The Balaban J connectivity index is 2.37. The van der Waals surface area contributed by atoms with Crippen molar-refractivity contribution in [3.05, 3.63) is 33.1 Å². The number of hydrogen-bond donors (Lipinski definition) is 0. The lowest BCUT2D eigenvalue weighted by Gasteiger charge is -2.24. The van der Waals surface area contributed by atoms with Crippen molar-refractivity contribution in [1.29, 1.82) is 0 Å². The van der Waals surface area contributed by atoms with Crippen LogP contribution in [0.1, 0.15) is 38.8 Å². The molecule has 0 N–H and O–H groups in total. The van der Waals surface area contributed by atoms with Gasteiger partial charge in [0, 0.05) is 25.4 Å². The average molecular weight is 238 g/mol. The van der Waals surface area contributed by atoms with E-state index in [1.54, 1.807) is 6.20 Å². The van der Waals surface area contributed by atoms with Crippen LogP contribution in [-0.4, -0.2) is 15.7 Å². The zero-order chi connectivity index (χ0) is 12.3. The van der Waals surface area contributed by atoms with Gasteiger partial charge in [0.25, 0.3) is 5.56 Å². The summed E-state index contributed by atoms with van der Waals surface area (Å²) in [5.74, 6) is 0. The molecule has 0 bridgehead atoms. The third-order valence-electron chi connectivity index (χ3n) is 3.01. The average Bonchev–Trinajstić information content (AvgIpc) is 2.36. The van der Waals surface area contributed by atoms with Gasteiger partial charge in [0.05, 0.1) is 0 Å². The minimum Gasteiger partial charge on any atom is -0.358 e. The molecule has 0 aliphatic carbocycles. The van der Waals surface area contributed by atoms with Crippen LogP contribution in [0.5, 0.6) is 0 Å². The molecular weight excluding hydrogens is 220 g/mol. The first-order valence-corrected chi connectivity index (χ1v) is 6.17. The maximum atomic E-state index is 12.1. The van der Waals surface area contributed by atoms with Crippen LogP contribution >= 0.6 is 0 Å². The van der Waals surface area contributed by atoms with Crippen LogP contribution in [0, 0.1) is 0 Å². The van der Waals surface area contributed by atoms with Gasteiger partial charge >= 0.3 is 5.69 Å². The van der Waals surface area contributed by atoms with Crippen molar-refractivity contribution in [1.82, 2.24) is 9.13 Å². The molecule has 2 heterocycles. The van der Waals surface area contributed by atoms with Gasteiger partial charge in [-0.25, -0.2) is 4.79 Å². The third-order valence-corrected chi connectivity index (χ3v) is 3.01. The van der Waals surface area contributed by atoms with Crippen LogP contribution in [0.3, 0.4) is 0 Å². The molecule has 1 aromatic heterocycles. The standard InChI is InChI=1S/C12H18N2O3/c1-2-7-13-10(15)6-8-14(12(13)16)11-5-3-4-9-17-11/h6,8,11H,2-5,7,9H2,1H3. The molecule has 1 saturated heterocycles. The maximum Gasteiger partial charge on any atom is 0.333 e. The Kier molecular flexibility index (Phi) is 3.78. The van der Waals surface area contributed by atoms with Crippen LogP contribution in [0.15, 0.2) is 21.9 Å². The van der Waals surface area contributed by atoms with Gasteiger partial charge < -0.3 is 4.74 Å². The second-order valence-electron chi connectivity index (χ2n) is 4.32. The van der Waals surface area contributed by atoms with Crippen LogP contribution < -0.4 is 11.2 Å². The molecule has 1 atom stereocenters. The molecule has 5 heteroatoms. The highest BCUT2D eigenvalue weighted by Gasteiger charge is 2.18. The monoisotopic (exact) mass is 238 g/mol. The van der Waals surface area contributed by atoms with Gasteiger partial charge in [-0.2, -0.15) is 0 Å². The van der Waals surface area contributed by atoms with Crippen LogP contribution in [0.25, 0.3) is 0 Å². The largest absolute Gasteiger partial charge is 0.358 e. The Bertz CT molecular complexity index is 483. The van der Waals surface area contributed by atoms with Crippen molar-refractivity contribution >= 4 is 0 Å². The van der Waals surface area contributed by atoms with Crippen molar-refractivity contribution in [2.24, 2.45) is 0 Å². The van der Waals surface area contributed by atoms with E-state index in [1.165, 1.54) is 15.2 Å². The molecule has 17 heavy (non-hydrogen) atoms. The van der Waals surface area contributed by atoms with Gasteiger partial charge in [-0.1, -0.05) is 6.92 Å². The van der Waals surface area contributed by atoms with E-state index in [1.807, 2.05) is 6.92 Å². The van der Waals surface area contributed by atoms with E-state index in [0.717, 1.165) is 25.7 Å². The summed E-state index contributed by atoms with van der Waals surface area (Å²) in [5.41, 5.74) is -0.491. The first-order chi connectivity index (χ1) is 8.24. The highest BCUT2D eigenvalue weighted by Crippen LogP contribution is 2.20. The molecule has 0 aromatic carbocycles. The maximum absolute atomic E-state index is 12.1. The summed E-state index contributed by atoms with van der Waals surface area (Å²) in [5, 5.41) is 0. The fraction of sp³-hybridized carbons (Fsp3) is 0.667. The molecule has 0 spiro atoms. The van der Waals surface area contributed by atoms with E-state index in [0.29, 0.717) is 13.2 Å². The Hall–Kier alpha value is -1.36. The lowest BCUT2D eigenvalue weighted by atomic mass is 10.2. The Morgan fingerprint density at radius 3 is 2.88 bits per heavy atom. The Morgan fingerprint density at radius 2 is 2.24 bits per heavy atom. The minimum atomic E-state index is -0.258. The fourth-order valence-electron chi connectivity index (χ4n) is 2.12. The van der Waals surface area contributed by atoms with Gasteiger partial charge in [-0.3, -0.25) is 13.9 Å². The summed E-state index contributed by atoms with van der Waals surface area (Å²) in [6.45, 7) is 3.09. The molecule has 1 fully saturated rings. The lowest BCUT2D eigenvalue weighted by Crippen LogP contribution is -2.41. The van der Waals surface area contributed by atoms with E-state index in [2.05, 4.69) is 0 Å². The zero-order valence-corrected chi connectivity index (χ0v) is 10.1. The number of rotatable bonds is 3. The second-order valence-corrected chi connectivity index (χ2v) is 4.32. The minimum absolute atomic E-state index is 0.208. The fourth-order valence-corrected chi connectivity index (χ4v) is 2.12. The van der Waals surface area contributed by atoms with Crippen molar-refractivity contribution in [2.45, 2.75) is 45.4 Å². The normalized spacial score (nSPS) is 20.4. The molecule has 1 aromatic rings. The molecule has 0 radical (unpaired) electrons. The predicted molar refractivity (Wildman–Crippen MR) is 64.1 cm³/mol. The Labute approximate surface area is 99.6 Å². The highest BCUT2D eigenvalue weighted by molar-refractivity contribution is 4.88. The third kappa shape index (κ3) is 2.49. The summed E-state index contributed by atoms with van der Waals surface area (Å²) in [6, 6.07) is 1.44. The van der Waals surface area contributed by atoms with Gasteiger partial charge in [0.15, 0.2) is 0 Å². The van der Waals surface area contributed by atoms with Crippen molar-refractivity contribution < 1.29 is 4.74 Å². The first-order valence-electron chi connectivity index (χ1n) is 6.17. The molecule has 1 aliphatic rings. The van der Waals surface area contributed by atoms with Gasteiger partial charge in [0.2, 0.25) is 0 Å². The molecular formula is C12H18N2O3. The van der Waals surface area contributed by atoms with Gasteiger partial charge in [-0.05, 0) is 25.7 Å². The quantitative estimate of drug-likeness (QED) is 0.793. The predicted octanol–water partition coefficient (Wildman–Crippen LogP) is 1.12. The summed E-state index contributed by atoms with van der Waals surface area (Å²) in [6.07, 6.45) is 5.05. The van der Waals surface area contributed by atoms with Crippen LogP contribution in [-0.2, 0) is 11.3 Å². The molecule has 0 amide bonds. The van der Waals surface area contributed by atoms with E-state index in [4.69, 9.17) is 4.74 Å². The summed E-state index contributed by atoms with van der Waals surface area (Å²) >= 11 is 0. The van der Waals surface area contributed by atoms with E-state index >= 15 is 0 Å². The summed E-state index contributed by atoms with van der Waals surface area (Å²) in [4.78, 5) is 23.7. The van der Waals surface area contributed by atoms with Crippen LogP contribution in [0.4, 0.5) is 0 Å². The SMILES string of the molecule is CCCn1c(=O)ccn(C2CCCCO2)c1=O. The molecule has 5 nitrogen and oxygen atoms in total. The van der Waals surface area contributed by atoms with E-state index in [9.17, 15) is 9.59 Å². The van der Waals surface area contributed by atoms with Crippen molar-refractivity contribution in [2.75, 3.05) is 6.61 Å². The topological polar surface area (TPSA) is 53.2 Å². The van der Waals surface area contributed by atoms with Crippen molar-refractivity contribution in [3.63, 3.8) is 0 Å². The first kappa shape index (κ1) is 12.1. The molecule has 1 unspecified atom stereocenters. The van der Waals surface area contributed by atoms with E-state index in [-0.39, 0.29) is 17.5 Å². The number of hydrogen-bond acceptors (Lipinski definition) is 3. The molecule has 1 aliphatic heterocycles. The highest BCUT2D eigenvalue weighted by atomic mass is 16.5.